The number of aromatic nitrogens is 1. The first-order valence-electron chi connectivity index (χ1n) is 7.43. The number of rotatable bonds is 2. The highest BCUT2D eigenvalue weighted by Crippen LogP contribution is 2.23. The number of anilines is 1. The first-order chi connectivity index (χ1) is 10.7. The zero-order valence-electron chi connectivity index (χ0n) is 12.4. The number of hydrogen-bond donors (Lipinski definition) is 3. The molecule has 0 unspecified atom stereocenters. The second-order valence-electron chi connectivity index (χ2n) is 5.76. The van der Waals surface area contributed by atoms with Gasteiger partial charge in [0.1, 0.15) is 0 Å². The Labute approximate surface area is 128 Å². The molecule has 1 aliphatic rings. The quantitative estimate of drug-likeness (QED) is 0.678. The first-order valence-corrected chi connectivity index (χ1v) is 7.43. The first kappa shape index (κ1) is 13.1. The zero-order valence-corrected chi connectivity index (χ0v) is 12.4. The summed E-state index contributed by atoms with van der Waals surface area (Å²) in [5.74, 6) is -0.0736. The highest BCUT2D eigenvalue weighted by Gasteiger charge is 2.14. The van der Waals surface area contributed by atoms with Crippen molar-refractivity contribution in [1.82, 2.24) is 10.3 Å². The number of nitrogens with one attached hydrogen (secondary N) is 3. The van der Waals surface area contributed by atoms with Gasteiger partial charge in [-0.3, -0.25) is 4.79 Å². The maximum Gasteiger partial charge on any atom is 0.256 e. The van der Waals surface area contributed by atoms with Crippen LogP contribution in [0, 0.1) is 6.92 Å². The molecule has 4 heteroatoms. The van der Waals surface area contributed by atoms with Gasteiger partial charge in [-0.05, 0) is 48.4 Å². The van der Waals surface area contributed by atoms with Gasteiger partial charge in [0.25, 0.3) is 5.91 Å². The number of hydrogen-bond acceptors (Lipinski definition) is 2. The van der Waals surface area contributed by atoms with E-state index >= 15 is 0 Å². The third kappa shape index (κ3) is 2.18. The Morgan fingerprint density at radius 2 is 1.95 bits per heavy atom. The van der Waals surface area contributed by atoms with Gasteiger partial charge >= 0.3 is 0 Å². The molecule has 22 heavy (non-hydrogen) atoms. The van der Waals surface area contributed by atoms with Crippen LogP contribution < -0.4 is 10.6 Å². The molecular formula is C18H17N3O. The Morgan fingerprint density at radius 1 is 1.09 bits per heavy atom. The molecule has 0 saturated carbocycles. The SMILES string of the molecule is Cc1cc2c(C(=O)Nc3ccc4c(c3)CNC4)cccc2[nH]1. The summed E-state index contributed by atoms with van der Waals surface area (Å²) >= 11 is 0. The predicted octanol–water partition coefficient (Wildman–Crippen LogP) is 3.33. The van der Waals surface area contributed by atoms with Crippen molar-refractivity contribution in [1.29, 1.82) is 0 Å². The molecule has 0 fully saturated rings. The van der Waals surface area contributed by atoms with E-state index in [0.29, 0.717) is 5.56 Å². The van der Waals surface area contributed by atoms with E-state index in [0.717, 1.165) is 35.4 Å². The number of benzene rings is 2. The lowest BCUT2D eigenvalue weighted by molar-refractivity contribution is 0.102. The maximum atomic E-state index is 12.6. The minimum absolute atomic E-state index is 0.0736. The van der Waals surface area contributed by atoms with Crippen molar-refractivity contribution >= 4 is 22.5 Å². The third-order valence-corrected chi connectivity index (χ3v) is 4.14. The van der Waals surface area contributed by atoms with Crippen molar-refractivity contribution in [3.63, 3.8) is 0 Å². The van der Waals surface area contributed by atoms with E-state index < -0.39 is 0 Å². The summed E-state index contributed by atoms with van der Waals surface area (Å²) in [6.45, 7) is 3.77. The molecule has 3 N–H and O–H groups in total. The highest BCUT2D eigenvalue weighted by molar-refractivity contribution is 6.12. The standard InChI is InChI=1S/C18H17N3O/c1-11-7-16-15(3-2-4-17(16)20-11)18(22)21-14-6-5-12-9-19-10-13(12)8-14/h2-8,19-20H,9-10H2,1H3,(H,21,22). The number of carbonyl (C=O) groups is 1. The number of amides is 1. The molecule has 4 rings (SSSR count). The molecular weight excluding hydrogens is 274 g/mol. The minimum Gasteiger partial charge on any atom is -0.359 e. The average Bonchev–Trinajstić information content (AvgIpc) is 3.10. The summed E-state index contributed by atoms with van der Waals surface area (Å²) in [7, 11) is 0. The number of H-pyrrole nitrogens is 1. The van der Waals surface area contributed by atoms with E-state index in [1.165, 1.54) is 11.1 Å². The normalized spacial score (nSPS) is 13.3. The molecule has 0 aliphatic carbocycles. The van der Waals surface area contributed by atoms with E-state index in [4.69, 9.17) is 0 Å². The number of aromatic amines is 1. The predicted molar refractivity (Wildman–Crippen MR) is 88.0 cm³/mol. The van der Waals surface area contributed by atoms with Crippen molar-refractivity contribution in [3.05, 3.63) is 64.8 Å². The van der Waals surface area contributed by atoms with Crippen LogP contribution in [0.3, 0.4) is 0 Å². The van der Waals surface area contributed by atoms with Gasteiger partial charge in [-0.1, -0.05) is 12.1 Å². The maximum absolute atomic E-state index is 12.6. The van der Waals surface area contributed by atoms with Crippen LogP contribution in [0.5, 0.6) is 0 Å². The fourth-order valence-electron chi connectivity index (χ4n) is 3.06. The summed E-state index contributed by atoms with van der Waals surface area (Å²) < 4.78 is 0. The zero-order chi connectivity index (χ0) is 15.1. The van der Waals surface area contributed by atoms with E-state index in [1.54, 1.807) is 0 Å². The average molecular weight is 291 g/mol. The molecule has 0 bridgehead atoms. The molecule has 110 valence electrons. The minimum atomic E-state index is -0.0736. The van der Waals surface area contributed by atoms with Crippen LogP contribution in [0.4, 0.5) is 5.69 Å². The lowest BCUT2D eigenvalue weighted by Gasteiger charge is -2.08. The second-order valence-corrected chi connectivity index (χ2v) is 5.76. The topological polar surface area (TPSA) is 56.9 Å². The van der Waals surface area contributed by atoms with Crippen LogP contribution >= 0.6 is 0 Å². The summed E-state index contributed by atoms with van der Waals surface area (Å²) in [6, 6.07) is 13.9. The highest BCUT2D eigenvalue weighted by atomic mass is 16.1. The number of aryl methyl sites for hydroxylation is 1. The van der Waals surface area contributed by atoms with Crippen LogP contribution in [-0.4, -0.2) is 10.9 Å². The van der Waals surface area contributed by atoms with Crippen molar-refractivity contribution in [2.75, 3.05) is 5.32 Å². The molecule has 4 nitrogen and oxygen atoms in total. The molecule has 0 saturated heterocycles. The Kier molecular flexibility index (Phi) is 2.98. The molecule has 3 aromatic rings. The molecule has 1 aliphatic heterocycles. The van der Waals surface area contributed by atoms with Gasteiger partial charge in [0.2, 0.25) is 0 Å². The van der Waals surface area contributed by atoms with Crippen LogP contribution in [0.2, 0.25) is 0 Å². The van der Waals surface area contributed by atoms with Crippen LogP contribution in [-0.2, 0) is 13.1 Å². The summed E-state index contributed by atoms with van der Waals surface area (Å²) in [5, 5.41) is 7.28. The van der Waals surface area contributed by atoms with E-state index in [-0.39, 0.29) is 5.91 Å². The lowest BCUT2D eigenvalue weighted by atomic mass is 10.1. The third-order valence-electron chi connectivity index (χ3n) is 4.14. The Bertz CT molecular complexity index is 879. The van der Waals surface area contributed by atoms with E-state index in [1.807, 2.05) is 37.3 Å². The van der Waals surface area contributed by atoms with E-state index in [2.05, 4.69) is 27.8 Å². The largest absolute Gasteiger partial charge is 0.359 e. The van der Waals surface area contributed by atoms with Crippen molar-refractivity contribution < 1.29 is 4.79 Å². The van der Waals surface area contributed by atoms with Crippen LogP contribution in [0.15, 0.2) is 42.5 Å². The Morgan fingerprint density at radius 3 is 2.86 bits per heavy atom. The number of carbonyl (C=O) groups excluding carboxylic acids is 1. The molecule has 1 amide bonds. The molecule has 0 spiro atoms. The molecule has 0 radical (unpaired) electrons. The van der Waals surface area contributed by atoms with Gasteiger partial charge < -0.3 is 15.6 Å². The summed E-state index contributed by atoms with van der Waals surface area (Å²) in [4.78, 5) is 15.9. The Hall–Kier alpha value is -2.59. The monoisotopic (exact) mass is 291 g/mol. The summed E-state index contributed by atoms with van der Waals surface area (Å²) in [6.07, 6.45) is 0. The van der Waals surface area contributed by atoms with Gasteiger partial charge in [0.15, 0.2) is 0 Å². The van der Waals surface area contributed by atoms with Gasteiger partial charge in [-0.2, -0.15) is 0 Å². The van der Waals surface area contributed by atoms with Gasteiger partial charge in [0.05, 0.1) is 0 Å². The lowest BCUT2D eigenvalue weighted by Crippen LogP contribution is -2.12. The number of fused-ring (bicyclic) bond motifs is 2. The van der Waals surface area contributed by atoms with Gasteiger partial charge in [0, 0.05) is 40.9 Å². The van der Waals surface area contributed by atoms with Gasteiger partial charge in [-0.25, -0.2) is 0 Å². The fraction of sp³-hybridized carbons (Fsp3) is 0.167. The summed E-state index contributed by atoms with van der Waals surface area (Å²) in [5.41, 5.74) is 6.15. The molecule has 2 aromatic carbocycles. The fourth-order valence-corrected chi connectivity index (χ4v) is 3.06. The van der Waals surface area contributed by atoms with Crippen LogP contribution in [0.25, 0.3) is 10.9 Å². The second kappa shape index (κ2) is 5.00. The van der Waals surface area contributed by atoms with Crippen molar-refractivity contribution in [2.24, 2.45) is 0 Å². The van der Waals surface area contributed by atoms with Crippen LogP contribution in [0.1, 0.15) is 27.2 Å². The van der Waals surface area contributed by atoms with Crippen molar-refractivity contribution in [2.45, 2.75) is 20.0 Å². The molecule has 2 heterocycles. The smallest absolute Gasteiger partial charge is 0.256 e. The van der Waals surface area contributed by atoms with Gasteiger partial charge in [-0.15, -0.1) is 0 Å². The van der Waals surface area contributed by atoms with E-state index in [9.17, 15) is 4.79 Å². The molecule has 0 atom stereocenters. The Balaban J connectivity index is 1.66. The molecule has 1 aromatic heterocycles. The van der Waals surface area contributed by atoms with Crippen molar-refractivity contribution in [3.8, 4) is 0 Å².